The Labute approximate surface area is 365 Å². The SMILES string of the molecule is CCCCC/C=C\CC1OC1CCCCCCCC(=O)O[C@H](COC(=O)CCCCCCCCCCc1oc(CCCCC)c(C)c1C)COP(=O)([O-])OCC[N+](C)(C)C. The third kappa shape index (κ3) is 27.1. The number of furan rings is 1. The van der Waals surface area contributed by atoms with Crippen LogP contribution in [0.4, 0.5) is 0 Å². The van der Waals surface area contributed by atoms with Crippen LogP contribution in [0.2, 0.25) is 0 Å². The summed E-state index contributed by atoms with van der Waals surface area (Å²) in [5.74, 6) is 1.46. The highest BCUT2D eigenvalue weighted by atomic mass is 31.2. The third-order valence-electron chi connectivity index (χ3n) is 11.4. The summed E-state index contributed by atoms with van der Waals surface area (Å²) in [6.07, 6.45) is 30.7. The molecule has 2 rings (SSSR count). The number of epoxide rings is 1. The maximum atomic E-state index is 12.7. The van der Waals surface area contributed by atoms with Gasteiger partial charge in [0.05, 0.1) is 40.0 Å². The minimum absolute atomic E-state index is 0.0419. The van der Waals surface area contributed by atoms with Crippen LogP contribution in [0.1, 0.15) is 191 Å². The molecular formula is C48H86NO10P. The first-order valence-corrected chi connectivity index (χ1v) is 25.3. The number of carbonyl (C=O) groups is 2. The summed E-state index contributed by atoms with van der Waals surface area (Å²) in [4.78, 5) is 37.8. The van der Waals surface area contributed by atoms with Crippen molar-refractivity contribution in [3.63, 3.8) is 0 Å². The van der Waals surface area contributed by atoms with Gasteiger partial charge in [-0.05, 0) is 76.3 Å². The predicted octanol–water partition coefficient (Wildman–Crippen LogP) is 11.4. The molecule has 348 valence electrons. The quantitative estimate of drug-likeness (QED) is 0.0157. The minimum Gasteiger partial charge on any atom is -0.756 e. The van der Waals surface area contributed by atoms with Crippen LogP contribution in [0.15, 0.2) is 16.6 Å². The smallest absolute Gasteiger partial charge is 0.306 e. The van der Waals surface area contributed by atoms with E-state index < -0.39 is 32.5 Å². The molecule has 0 aliphatic carbocycles. The molecule has 1 saturated heterocycles. The molecule has 4 atom stereocenters. The Morgan fingerprint density at radius 1 is 0.700 bits per heavy atom. The zero-order valence-corrected chi connectivity index (χ0v) is 40.0. The lowest BCUT2D eigenvalue weighted by molar-refractivity contribution is -0.870. The summed E-state index contributed by atoms with van der Waals surface area (Å²) in [6.45, 7) is 8.49. The van der Waals surface area contributed by atoms with Gasteiger partial charge in [0.25, 0.3) is 7.82 Å². The van der Waals surface area contributed by atoms with Crippen molar-refractivity contribution in [2.24, 2.45) is 0 Å². The molecule has 1 fully saturated rings. The van der Waals surface area contributed by atoms with Gasteiger partial charge in [-0.2, -0.15) is 0 Å². The van der Waals surface area contributed by atoms with Gasteiger partial charge in [0.2, 0.25) is 0 Å². The molecule has 12 heteroatoms. The lowest BCUT2D eigenvalue weighted by Gasteiger charge is -2.28. The number of quaternary nitrogens is 1. The van der Waals surface area contributed by atoms with Gasteiger partial charge in [-0.3, -0.25) is 14.2 Å². The van der Waals surface area contributed by atoms with E-state index in [1.54, 1.807) is 0 Å². The van der Waals surface area contributed by atoms with Crippen molar-refractivity contribution in [3.8, 4) is 0 Å². The fourth-order valence-corrected chi connectivity index (χ4v) is 7.98. The van der Waals surface area contributed by atoms with E-state index in [1.165, 1.54) is 74.7 Å². The van der Waals surface area contributed by atoms with Gasteiger partial charge in [0, 0.05) is 25.7 Å². The van der Waals surface area contributed by atoms with Gasteiger partial charge in [-0.1, -0.05) is 116 Å². The van der Waals surface area contributed by atoms with E-state index in [0.29, 0.717) is 36.1 Å². The van der Waals surface area contributed by atoms with Crippen molar-refractivity contribution >= 4 is 19.8 Å². The topological polar surface area (TPSA) is 137 Å². The molecule has 0 saturated carbocycles. The van der Waals surface area contributed by atoms with E-state index in [1.807, 2.05) is 21.1 Å². The molecule has 1 aromatic rings. The number of hydrogen-bond donors (Lipinski definition) is 0. The Bertz CT molecular complexity index is 1370. The molecule has 0 amide bonds. The number of esters is 2. The molecule has 1 aliphatic heterocycles. The molecule has 3 unspecified atom stereocenters. The summed E-state index contributed by atoms with van der Waals surface area (Å²) >= 11 is 0. The second-order valence-corrected chi connectivity index (χ2v) is 19.5. The Hall–Kier alpha value is -2.01. The fraction of sp³-hybridized carbons (Fsp3) is 0.833. The van der Waals surface area contributed by atoms with Crippen molar-refractivity contribution in [2.75, 3.05) is 47.5 Å². The van der Waals surface area contributed by atoms with Crippen LogP contribution in [0.5, 0.6) is 0 Å². The van der Waals surface area contributed by atoms with Crippen molar-refractivity contribution in [1.82, 2.24) is 0 Å². The van der Waals surface area contributed by atoms with E-state index in [4.69, 9.17) is 27.7 Å². The maximum Gasteiger partial charge on any atom is 0.306 e. The van der Waals surface area contributed by atoms with Crippen molar-refractivity contribution in [1.29, 1.82) is 0 Å². The van der Waals surface area contributed by atoms with E-state index in [9.17, 15) is 19.0 Å². The van der Waals surface area contributed by atoms with Gasteiger partial charge in [0.15, 0.2) is 6.10 Å². The monoisotopic (exact) mass is 868 g/mol. The Morgan fingerprint density at radius 2 is 1.25 bits per heavy atom. The lowest BCUT2D eigenvalue weighted by Crippen LogP contribution is -2.37. The largest absolute Gasteiger partial charge is 0.756 e. The number of likely N-dealkylation sites (N-methyl/N-ethyl adjacent to an activating group) is 1. The summed E-state index contributed by atoms with van der Waals surface area (Å²) in [6, 6.07) is 0. The van der Waals surface area contributed by atoms with Crippen LogP contribution >= 0.6 is 7.82 Å². The normalized spacial score (nSPS) is 16.9. The van der Waals surface area contributed by atoms with Gasteiger partial charge >= 0.3 is 11.9 Å². The molecule has 0 aromatic carbocycles. The summed E-state index contributed by atoms with van der Waals surface area (Å²) < 4.78 is 46.1. The molecular weight excluding hydrogens is 781 g/mol. The minimum atomic E-state index is -4.65. The number of rotatable bonds is 39. The molecule has 0 spiro atoms. The second-order valence-electron chi connectivity index (χ2n) is 18.1. The molecule has 0 radical (unpaired) electrons. The number of carbonyl (C=O) groups excluding carboxylic acids is 2. The van der Waals surface area contributed by atoms with Gasteiger partial charge < -0.3 is 37.1 Å². The average molecular weight is 868 g/mol. The van der Waals surface area contributed by atoms with Crippen LogP contribution in [0.3, 0.4) is 0 Å². The number of ether oxygens (including phenoxy) is 3. The molecule has 1 aliphatic rings. The molecule has 11 nitrogen and oxygen atoms in total. The van der Waals surface area contributed by atoms with E-state index in [2.05, 4.69) is 39.8 Å². The van der Waals surface area contributed by atoms with E-state index in [-0.39, 0.29) is 26.1 Å². The van der Waals surface area contributed by atoms with Crippen LogP contribution in [-0.2, 0) is 50.3 Å². The van der Waals surface area contributed by atoms with Crippen molar-refractivity contribution in [3.05, 3.63) is 34.8 Å². The Morgan fingerprint density at radius 3 is 1.87 bits per heavy atom. The zero-order valence-electron chi connectivity index (χ0n) is 39.1. The van der Waals surface area contributed by atoms with E-state index in [0.717, 1.165) is 89.2 Å². The number of unbranched alkanes of at least 4 members (excludes halogenated alkanes) is 16. The molecule has 0 N–H and O–H groups in total. The first-order valence-electron chi connectivity index (χ1n) is 23.9. The average Bonchev–Trinajstić information content (AvgIpc) is 3.89. The Kier molecular flexibility index (Phi) is 28.7. The first-order chi connectivity index (χ1) is 28.7. The molecule has 0 bridgehead atoms. The van der Waals surface area contributed by atoms with Gasteiger partial charge in [0.1, 0.15) is 31.3 Å². The van der Waals surface area contributed by atoms with Gasteiger partial charge in [-0.25, -0.2) is 0 Å². The van der Waals surface area contributed by atoms with E-state index >= 15 is 0 Å². The van der Waals surface area contributed by atoms with Crippen molar-refractivity contribution in [2.45, 2.75) is 213 Å². The number of phosphoric ester groups is 1. The third-order valence-corrected chi connectivity index (χ3v) is 12.4. The number of hydrogen-bond acceptors (Lipinski definition) is 10. The summed E-state index contributed by atoms with van der Waals surface area (Å²) in [5, 5.41) is 0. The van der Waals surface area contributed by atoms with Crippen molar-refractivity contribution < 1.29 is 51.2 Å². The number of phosphoric acid groups is 1. The highest BCUT2D eigenvalue weighted by Crippen LogP contribution is 2.38. The summed E-state index contributed by atoms with van der Waals surface area (Å²) in [5.41, 5.74) is 2.66. The summed E-state index contributed by atoms with van der Waals surface area (Å²) in [7, 11) is 1.13. The molecule has 2 heterocycles. The molecule has 1 aromatic heterocycles. The lowest BCUT2D eigenvalue weighted by atomic mass is 10.0. The van der Waals surface area contributed by atoms with Crippen LogP contribution < -0.4 is 4.89 Å². The van der Waals surface area contributed by atoms with Crippen LogP contribution in [0.25, 0.3) is 0 Å². The van der Waals surface area contributed by atoms with Crippen LogP contribution in [0, 0.1) is 13.8 Å². The Balaban J connectivity index is 1.62. The highest BCUT2D eigenvalue weighted by Gasteiger charge is 2.36. The highest BCUT2D eigenvalue weighted by molar-refractivity contribution is 7.45. The second kappa shape index (κ2) is 31.8. The van der Waals surface area contributed by atoms with Gasteiger partial charge in [-0.15, -0.1) is 0 Å². The standard InChI is InChI=1S/C48H86NO10P/c1-8-10-12-13-19-26-32-45-46(59-45)33-27-21-18-23-29-35-48(51)57-42(39-56-60(52,53)55-37-36-49(5,6)7)38-54-47(50)34-28-22-17-15-14-16-20-25-31-44-41(4)40(3)43(58-44)30-24-11-9-2/h19,26,42,45-46H,8-18,20-25,27-39H2,1-7H3/b26-19-/t42-,45?,46?/m1/s1. The first kappa shape index (κ1) is 54.1. The fourth-order valence-electron chi connectivity index (χ4n) is 7.25. The number of aryl methyl sites for hydroxylation is 2. The number of nitrogens with zero attached hydrogens (tertiary/aromatic N) is 1. The predicted molar refractivity (Wildman–Crippen MR) is 239 cm³/mol. The zero-order chi connectivity index (χ0) is 44.1. The maximum absolute atomic E-state index is 12.7. The van der Waals surface area contributed by atoms with Crippen LogP contribution in [-0.4, -0.2) is 82.2 Å². The number of allylic oxidation sites excluding steroid dienone is 1. The molecule has 60 heavy (non-hydrogen) atoms.